The molecule has 0 spiro atoms. The lowest BCUT2D eigenvalue weighted by Gasteiger charge is -2.35. The van der Waals surface area contributed by atoms with Gasteiger partial charge in [0.2, 0.25) is 11.6 Å². The molecule has 1 aliphatic rings. The number of aliphatic imine (C=N–C) groups is 1. The maximum Gasteiger partial charge on any atom is 0.331 e. The van der Waals surface area contributed by atoms with E-state index in [0.717, 1.165) is 28.4 Å². The fraction of sp³-hybridized carbons (Fsp3) is 0.278. The Labute approximate surface area is 277 Å². The number of ether oxygens (including phenoxy) is 4. The van der Waals surface area contributed by atoms with Gasteiger partial charge in [0.1, 0.15) is 29.4 Å². The van der Waals surface area contributed by atoms with Crippen LogP contribution in [0.2, 0.25) is 0 Å². The zero-order valence-corrected chi connectivity index (χ0v) is 27.3. The lowest BCUT2D eigenvalue weighted by Crippen LogP contribution is -2.50. The SMILES string of the molecule is CCOC(=O)C(C)(C)N(C)c1c(F)c(Oc2cccc(C3=NCCN3C)c2)nc(Oc2cc(C#N)ccc2OCc2ccccc2)c1F. The highest BCUT2D eigenvalue weighted by atomic mass is 19.1. The topological polar surface area (TPSA) is 110 Å². The predicted molar refractivity (Wildman–Crippen MR) is 176 cm³/mol. The van der Waals surface area contributed by atoms with Crippen LogP contribution >= 0.6 is 0 Å². The van der Waals surface area contributed by atoms with E-state index in [1.165, 1.54) is 39.1 Å². The van der Waals surface area contributed by atoms with E-state index in [1.54, 1.807) is 25.1 Å². The number of hydrogen-bond donors (Lipinski definition) is 0. The van der Waals surface area contributed by atoms with Crippen LogP contribution < -0.4 is 19.1 Å². The summed E-state index contributed by atoms with van der Waals surface area (Å²) in [5, 5.41) is 9.58. The number of amidine groups is 1. The number of halogens is 2. The normalized spacial score (nSPS) is 12.6. The van der Waals surface area contributed by atoms with Crippen molar-refractivity contribution in [2.45, 2.75) is 32.9 Å². The fourth-order valence-electron chi connectivity index (χ4n) is 4.91. The average molecular weight is 656 g/mol. The van der Waals surface area contributed by atoms with Crippen LogP contribution in [0.15, 0.2) is 77.8 Å². The second-order valence-electron chi connectivity index (χ2n) is 11.4. The van der Waals surface area contributed by atoms with E-state index in [0.29, 0.717) is 6.54 Å². The van der Waals surface area contributed by atoms with Crippen molar-refractivity contribution in [3.05, 3.63) is 101 Å². The van der Waals surface area contributed by atoms with E-state index in [1.807, 2.05) is 54.4 Å². The summed E-state index contributed by atoms with van der Waals surface area (Å²) in [5.74, 6) is -3.30. The quantitative estimate of drug-likeness (QED) is 0.151. The van der Waals surface area contributed by atoms with Crippen molar-refractivity contribution in [2.75, 3.05) is 38.7 Å². The summed E-state index contributed by atoms with van der Waals surface area (Å²) >= 11 is 0. The molecule has 0 bridgehead atoms. The van der Waals surface area contributed by atoms with Gasteiger partial charge in [-0.2, -0.15) is 19.0 Å². The van der Waals surface area contributed by atoms with E-state index in [2.05, 4.69) is 9.98 Å². The van der Waals surface area contributed by atoms with Crippen molar-refractivity contribution in [3.63, 3.8) is 0 Å². The number of nitrogens with zero attached hydrogens (tertiary/aromatic N) is 5. The molecule has 0 unspecified atom stereocenters. The number of rotatable bonds is 12. The van der Waals surface area contributed by atoms with E-state index >= 15 is 8.78 Å². The molecule has 0 radical (unpaired) electrons. The maximum atomic E-state index is 16.4. The van der Waals surface area contributed by atoms with Crippen LogP contribution in [0, 0.1) is 23.0 Å². The van der Waals surface area contributed by atoms with Crippen molar-refractivity contribution in [1.82, 2.24) is 9.88 Å². The van der Waals surface area contributed by atoms with Gasteiger partial charge in [0.15, 0.2) is 11.5 Å². The van der Waals surface area contributed by atoms with Crippen molar-refractivity contribution in [3.8, 4) is 35.1 Å². The smallest absolute Gasteiger partial charge is 0.331 e. The number of hydrogen-bond acceptors (Lipinski definition) is 10. The van der Waals surface area contributed by atoms with Crippen molar-refractivity contribution < 1.29 is 32.5 Å². The van der Waals surface area contributed by atoms with Crippen LogP contribution in [-0.4, -0.2) is 61.0 Å². The Morgan fingerprint density at radius 2 is 1.73 bits per heavy atom. The average Bonchev–Trinajstić information content (AvgIpc) is 3.52. The Morgan fingerprint density at radius 1 is 1.00 bits per heavy atom. The van der Waals surface area contributed by atoms with Crippen molar-refractivity contribution in [1.29, 1.82) is 5.26 Å². The second-order valence-corrected chi connectivity index (χ2v) is 11.4. The molecule has 5 rings (SSSR count). The third kappa shape index (κ3) is 7.15. The monoisotopic (exact) mass is 655 g/mol. The van der Waals surface area contributed by atoms with E-state index in [9.17, 15) is 10.1 Å². The van der Waals surface area contributed by atoms with Crippen molar-refractivity contribution >= 4 is 17.5 Å². The molecule has 0 fully saturated rings. The molecular weight excluding hydrogens is 620 g/mol. The number of aromatic nitrogens is 1. The molecule has 0 N–H and O–H groups in total. The molecule has 0 saturated carbocycles. The van der Waals surface area contributed by atoms with Crippen LogP contribution in [-0.2, 0) is 16.1 Å². The summed E-state index contributed by atoms with van der Waals surface area (Å²) in [6, 6.07) is 22.6. The van der Waals surface area contributed by atoms with E-state index in [-0.39, 0.29) is 36.0 Å². The van der Waals surface area contributed by atoms with Crippen LogP contribution in [0.5, 0.6) is 29.0 Å². The van der Waals surface area contributed by atoms with Gasteiger partial charge < -0.3 is 28.7 Å². The lowest BCUT2D eigenvalue weighted by molar-refractivity contribution is -0.148. The predicted octanol–water partition coefficient (Wildman–Crippen LogP) is 6.86. The molecule has 2 heterocycles. The molecule has 0 atom stereocenters. The number of esters is 1. The van der Waals surface area contributed by atoms with Gasteiger partial charge in [0, 0.05) is 32.3 Å². The van der Waals surface area contributed by atoms with Crippen LogP contribution in [0.3, 0.4) is 0 Å². The van der Waals surface area contributed by atoms with Crippen molar-refractivity contribution in [2.24, 2.45) is 4.99 Å². The summed E-state index contributed by atoms with van der Waals surface area (Å²) < 4.78 is 55.9. The largest absolute Gasteiger partial charge is 0.485 e. The number of anilines is 1. The van der Waals surface area contributed by atoms with Crippen LogP contribution in [0.4, 0.5) is 14.5 Å². The van der Waals surface area contributed by atoms with Gasteiger partial charge >= 0.3 is 5.97 Å². The Kier molecular flexibility index (Phi) is 10.1. The second kappa shape index (κ2) is 14.4. The van der Waals surface area contributed by atoms with Gasteiger partial charge in [-0.15, -0.1) is 0 Å². The van der Waals surface area contributed by atoms with Gasteiger partial charge in [-0.1, -0.05) is 42.5 Å². The first-order chi connectivity index (χ1) is 23.0. The van der Waals surface area contributed by atoms with Gasteiger partial charge in [0.25, 0.3) is 11.8 Å². The number of likely N-dealkylation sites (N-methyl/N-ethyl adjacent to an activating group) is 2. The first-order valence-corrected chi connectivity index (χ1v) is 15.3. The summed E-state index contributed by atoms with van der Waals surface area (Å²) in [7, 11) is 3.27. The highest BCUT2D eigenvalue weighted by molar-refractivity contribution is 5.99. The Bertz CT molecular complexity index is 1880. The fourth-order valence-corrected chi connectivity index (χ4v) is 4.91. The zero-order valence-electron chi connectivity index (χ0n) is 27.3. The first-order valence-electron chi connectivity index (χ1n) is 15.3. The lowest BCUT2D eigenvalue weighted by atomic mass is 10.0. The minimum Gasteiger partial charge on any atom is -0.485 e. The number of nitriles is 1. The standard InChI is InChI=1S/C36H35F2N5O5/c1-6-45-35(44)36(2,3)43(5)31-29(37)33(47-26-14-10-13-25(20-26)32-40-17-18-42(32)4)41-34(30(31)38)48-28-19-24(21-39)15-16-27(28)46-22-23-11-8-7-9-12-23/h7-16,19-20H,6,17-18,22H2,1-5H3. The molecule has 4 aromatic rings. The minimum atomic E-state index is -1.52. The molecule has 10 nitrogen and oxygen atoms in total. The van der Waals surface area contributed by atoms with Gasteiger partial charge in [-0.05, 0) is 50.6 Å². The molecule has 248 valence electrons. The molecule has 1 aromatic heterocycles. The van der Waals surface area contributed by atoms with Gasteiger partial charge in [-0.25, -0.2) is 4.79 Å². The van der Waals surface area contributed by atoms with Crippen LogP contribution in [0.1, 0.15) is 37.5 Å². The molecule has 12 heteroatoms. The summed E-state index contributed by atoms with van der Waals surface area (Å²) in [6.07, 6.45) is 0. The number of pyridine rings is 1. The molecule has 0 amide bonds. The first kappa shape index (κ1) is 33.7. The number of carbonyl (C=O) groups excluding carboxylic acids is 1. The highest BCUT2D eigenvalue weighted by Gasteiger charge is 2.39. The zero-order chi connectivity index (χ0) is 34.4. The molecule has 3 aromatic carbocycles. The maximum absolute atomic E-state index is 16.4. The van der Waals surface area contributed by atoms with Gasteiger partial charge in [0.05, 0.1) is 24.8 Å². The third-order valence-corrected chi connectivity index (χ3v) is 7.83. The Hall–Kier alpha value is -5.70. The summed E-state index contributed by atoms with van der Waals surface area (Å²) in [4.78, 5) is 24.6. The Balaban J connectivity index is 1.59. The molecule has 0 saturated heterocycles. The number of benzene rings is 3. The molecule has 0 aliphatic carbocycles. The summed E-state index contributed by atoms with van der Waals surface area (Å²) in [5.41, 5.74) is -0.373. The highest BCUT2D eigenvalue weighted by Crippen LogP contribution is 2.42. The molecular formula is C36H35F2N5O5. The van der Waals surface area contributed by atoms with E-state index < -0.39 is 40.6 Å². The molecule has 48 heavy (non-hydrogen) atoms. The Morgan fingerprint density at radius 3 is 2.40 bits per heavy atom. The van der Waals surface area contributed by atoms with Gasteiger partial charge in [-0.3, -0.25) is 4.99 Å². The number of carbonyl (C=O) groups is 1. The van der Waals surface area contributed by atoms with Crippen LogP contribution in [0.25, 0.3) is 0 Å². The minimum absolute atomic E-state index is 0.0449. The summed E-state index contributed by atoms with van der Waals surface area (Å²) in [6.45, 7) is 6.19. The molecule has 1 aliphatic heterocycles. The third-order valence-electron chi connectivity index (χ3n) is 7.83. The van der Waals surface area contributed by atoms with E-state index in [4.69, 9.17) is 18.9 Å².